The van der Waals surface area contributed by atoms with Crippen molar-refractivity contribution < 1.29 is 13.9 Å². The van der Waals surface area contributed by atoms with Crippen LogP contribution in [-0.2, 0) is 10.3 Å². The zero-order chi connectivity index (χ0) is 15.2. The highest BCUT2D eigenvalue weighted by atomic mass is 35.5. The van der Waals surface area contributed by atoms with Crippen LogP contribution in [0.15, 0.2) is 42.5 Å². The first-order chi connectivity index (χ1) is 9.90. The second-order valence-electron chi connectivity index (χ2n) is 5.33. The molecule has 1 heterocycles. The second-order valence-corrected chi connectivity index (χ2v) is 5.74. The van der Waals surface area contributed by atoms with Gasteiger partial charge in [-0.25, -0.2) is 14.1 Å². The van der Waals surface area contributed by atoms with E-state index >= 15 is 0 Å². The summed E-state index contributed by atoms with van der Waals surface area (Å²) in [5, 5.41) is -0.0392. The van der Waals surface area contributed by atoms with E-state index < -0.39 is 17.5 Å². The molecule has 0 aliphatic carbocycles. The number of carbonyl (C=O) groups excluding carboxylic acids is 1. The first kappa shape index (κ1) is 13.9. The number of anilines is 2. The van der Waals surface area contributed by atoms with Crippen molar-refractivity contribution in [3.05, 3.63) is 58.9 Å². The molecule has 2 aromatic rings. The maximum Gasteiger partial charge on any atom is 0.419 e. The van der Waals surface area contributed by atoms with Gasteiger partial charge in [0.05, 0.1) is 16.4 Å². The van der Waals surface area contributed by atoms with Crippen LogP contribution in [0.25, 0.3) is 0 Å². The van der Waals surface area contributed by atoms with Crippen LogP contribution >= 0.6 is 11.6 Å². The number of ether oxygens (including phenoxy) is 1. The molecule has 1 amide bonds. The molecule has 0 unspecified atom stereocenters. The summed E-state index contributed by atoms with van der Waals surface area (Å²) >= 11 is 5.81. The fourth-order valence-corrected chi connectivity index (χ4v) is 2.64. The van der Waals surface area contributed by atoms with Gasteiger partial charge in [0.2, 0.25) is 0 Å². The molecule has 0 saturated carbocycles. The lowest BCUT2D eigenvalue weighted by Crippen LogP contribution is -2.40. The maximum absolute atomic E-state index is 13.3. The average Bonchev–Trinajstić information content (AvgIpc) is 2.42. The monoisotopic (exact) mass is 305 g/mol. The van der Waals surface area contributed by atoms with Crippen LogP contribution in [-0.4, -0.2) is 6.09 Å². The molecule has 3 nitrogen and oxygen atoms in total. The van der Waals surface area contributed by atoms with E-state index in [1.807, 2.05) is 38.1 Å². The van der Waals surface area contributed by atoms with Crippen molar-refractivity contribution in [2.75, 3.05) is 4.90 Å². The zero-order valence-corrected chi connectivity index (χ0v) is 12.3. The summed E-state index contributed by atoms with van der Waals surface area (Å²) in [6.07, 6.45) is -0.513. The van der Waals surface area contributed by atoms with Crippen LogP contribution in [0.2, 0.25) is 5.02 Å². The first-order valence-corrected chi connectivity index (χ1v) is 6.85. The van der Waals surface area contributed by atoms with Gasteiger partial charge in [0, 0.05) is 5.56 Å². The third-order valence-electron chi connectivity index (χ3n) is 3.48. The lowest BCUT2D eigenvalue weighted by molar-refractivity contribution is 0.0374. The van der Waals surface area contributed by atoms with Gasteiger partial charge in [0.25, 0.3) is 0 Å². The highest BCUT2D eigenvalue weighted by molar-refractivity contribution is 6.31. The van der Waals surface area contributed by atoms with E-state index in [0.717, 1.165) is 5.56 Å². The van der Waals surface area contributed by atoms with Crippen molar-refractivity contribution in [2.45, 2.75) is 19.4 Å². The molecule has 108 valence electrons. The molecule has 0 fully saturated rings. The van der Waals surface area contributed by atoms with E-state index in [1.165, 1.54) is 23.1 Å². The summed E-state index contributed by atoms with van der Waals surface area (Å²) in [6.45, 7) is 3.66. The Morgan fingerprint density at radius 2 is 1.90 bits per heavy atom. The van der Waals surface area contributed by atoms with Gasteiger partial charge in [-0.2, -0.15) is 0 Å². The van der Waals surface area contributed by atoms with Gasteiger partial charge >= 0.3 is 6.09 Å². The molecule has 0 spiro atoms. The number of nitrogens with zero attached hydrogens (tertiary/aromatic N) is 1. The Balaban J connectivity index is 2.18. The molecule has 0 N–H and O–H groups in total. The number of para-hydroxylation sites is 1. The number of cyclic esters (lactones) is 1. The smallest absolute Gasteiger partial charge is 0.419 e. The van der Waals surface area contributed by atoms with Crippen molar-refractivity contribution in [1.29, 1.82) is 0 Å². The normalized spacial score (nSPS) is 16.4. The van der Waals surface area contributed by atoms with Crippen LogP contribution in [0.3, 0.4) is 0 Å². The number of halogens is 2. The Labute approximate surface area is 126 Å². The molecule has 0 saturated heterocycles. The summed E-state index contributed by atoms with van der Waals surface area (Å²) in [7, 11) is 0. The fourth-order valence-electron chi connectivity index (χ4n) is 2.46. The van der Waals surface area contributed by atoms with E-state index in [0.29, 0.717) is 11.4 Å². The third-order valence-corrected chi connectivity index (χ3v) is 3.77. The van der Waals surface area contributed by atoms with Gasteiger partial charge in [-0.05, 0) is 38.1 Å². The SMILES string of the molecule is CC1(C)OC(=O)N(c2ccc(F)c(Cl)c2)c2ccccc21. The Bertz CT molecular complexity index is 730. The quantitative estimate of drug-likeness (QED) is 0.741. The Kier molecular flexibility index (Phi) is 3.14. The number of benzene rings is 2. The first-order valence-electron chi connectivity index (χ1n) is 6.48. The van der Waals surface area contributed by atoms with Gasteiger partial charge in [0.15, 0.2) is 0 Å². The van der Waals surface area contributed by atoms with Crippen LogP contribution in [0.1, 0.15) is 19.4 Å². The van der Waals surface area contributed by atoms with E-state index in [4.69, 9.17) is 16.3 Å². The summed E-state index contributed by atoms with van der Waals surface area (Å²) in [6, 6.07) is 11.6. The van der Waals surface area contributed by atoms with E-state index in [1.54, 1.807) is 0 Å². The third kappa shape index (κ3) is 2.25. The van der Waals surface area contributed by atoms with Crippen molar-refractivity contribution >= 4 is 29.1 Å². The fraction of sp³-hybridized carbons (Fsp3) is 0.188. The Hall–Kier alpha value is -2.07. The molecule has 0 radical (unpaired) electrons. The van der Waals surface area contributed by atoms with Gasteiger partial charge in [0.1, 0.15) is 11.4 Å². The number of fused-ring (bicyclic) bond motifs is 1. The number of carbonyl (C=O) groups is 1. The number of hydrogen-bond acceptors (Lipinski definition) is 2. The van der Waals surface area contributed by atoms with Gasteiger partial charge in [-0.1, -0.05) is 29.8 Å². The molecule has 0 aromatic heterocycles. The molecule has 0 atom stereocenters. The molecular weight excluding hydrogens is 293 g/mol. The van der Waals surface area contributed by atoms with E-state index in [2.05, 4.69) is 0 Å². The summed E-state index contributed by atoms with van der Waals surface area (Å²) in [5.74, 6) is -0.528. The van der Waals surface area contributed by atoms with Crippen LogP contribution in [0.4, 0.5) is 20.6 Å². The Morgan fingerprint density at radius 1 is 1.19 bits per heavy atom. The molecule has 2 aromatic carbocycles. The highest BCUT2D eigenvalue weighted by Crippen LogP contribution is 2.42. The van der Waals surface area contributed by atoms with Gasteiger partial charge in [-0.3, -0.25) is 0 Å². The predicted molar refractivity (Wildman–Crippen MR) is 79.5 cm³/mol. The van der Waals surface area contributed by atoms with Crippen molar-refractivity contribution in [2.24, 2.45) is 0 Å². The van der Waals surface area contributed by atoms with Gasteiger partial charge in [-0.15, -0.1) is 0 Å². The Morgan fingerprint density at radius 3 is 2.62 bits per heavy atom. The summed E-state index contributed by atoms with van der Waals surface area (Å²) in [5.41, 5.74) is 1.34. The summed E-state index contributed by atoms with van der Waals surface area (Å²) < 4.78 is 18.8. The molecule has 0 bridgehead atoms. The predicted octanol–water partition coefficient (Wildman–Crippen LogP) is 5.00. The molecule has 1 aliphatic rings. The number of rotatable bonds is 1. The lowest BCUT2D eigenvalue weighted by Gasteiger charge is -2.38. The minimum absolute atomic E-state index is 0.0392. The van der Waals surface area contributed by atoms with Crippen LogP contribution < -0.4 is 4.90 Å². The van der Waals surface area contributed by atoms with Crippen molar-refractivity contribution in [1.82, 2.24) is 0 Å². The average molecular weight is 306 g/mol. The maximum atomic E-state index is 13.3. The molecule has 21 heavy (non-hydrogen) atoms. The van der Waals surface area contributed by atoms with Crippen molar-refractivity contribution in [3.63, 3.8) is 0 Å². The zero-order valence-electron chi connectivity index (χ0n) is 11.6. The van der Waals surface area contributed by atoms with E-state index in [-0.39, 0.29) is 5.02 Å². The summed E-state index contributed by atoms with van der Waals surface area (Å²) in [4.78, 5) is 13.7. The molecule has 1 aliphatic heterocycles. The second kappa shape index (κ2) is 4.74. The minimum atomic E-state index is -0.714. The largest absolute Gasteiger partial charge is 0.438 e. The highest BCUT2D eigenvalue weighted by Gasteiger charge is 2.38. The van der Waals surface area contributed by atoms with Crippen molar-refractivity contribution in [3.8, 4) is 0 Å². The molecule has 5 heteroatoms. The molecular formula is C16H13ClFNO2. The van der Waals surface area contributed by atoms with Crippen LogP contribution in [0, 0.1) is 5.82 Å². The minimum Gasteiger partial charge on any atom is -0.438 e. The number of amides is 1. The number of hydrogen-bond donors (Lipinski definition) is 0. The van der Waals surface area contributed by atoms with Gasteiger partial charge < -0.3 is 4.74 Å². The molecule has 3 rings (SSSR count). The lowest BCUT2D eigenvalue weighted by atomic mass is 9.94. The van der Waals surface area contributed by atoms with Crippen LogP contribution in [0.5, 0.6) is 0 Å². The van der Waals surface area contributed by atoms with E-state index in [9.17, 15) is 9.18 Å². The standard InChI is InChI=1S/C16H13ClFNO2/c1-16(2)11-5-3-4-6-14(11)19(15(20)21-16)10-7-8-13(18)12(17)9-10/h3-9H,1-2H3. The topological polar surface area (TPSA) is 29.5 Å².